The van der Waals surface area contributed by atoms with Crippen LogP contribution in [-0.4, -0.2) is 19.2 Å². The Balaban J connectivity index is 1.90. The van der Waals surface area contributed by atoms with Crippen LogP contribution in [0.25, 0.3) is 0 Å². The van der Waals surface area contributed by atoms with E-state index in [4.69, 9.17) is 4.74 Å². The molecule has 0 heterocycles. The van der Waals surface area contributed by atoms with Crippen LogP contribution in [0, 0.1) is 5.82 Å². The summed E-state index contributed by atoms with van der Waals surface area (Å²) in [4.78, 5) is 11.7. The average Bonchev–Trinajstić information content (AvgIpc) is 2.50. The zero-order chi connectivity index (χ0) is 15.9. The highest BCUT2D eigenvalue weighted by Crippen LogP contribution is 2.24. The number of amides is 1. The minimum atomic E-state index is -0.327. The molecule has 22 heavy (non-hydrogen) atoms. The fourth-order valence-corrected chi connectivity index (χ4v) is 2.33. The van der Waals surface area contributed by atoms with Gasteiger partial charge in [-0.2, -0.15) is 5.10 Å². The van der Waals surface area contributed by atoms with Crippen molar-refractivity contribution < 1.29 is 13.9 Å². The zero-order valence-electron chi connectivity index (χ0n) is 11.8. The first-order chi connectivity index (χ1) is 10.6. The Morgan fingerprint density at radius 2 is 2.05 bits per heavy atom. The molecule has 0 spiro atoms. The fourth-order valence-electron chi connectivity index (χ4n) is 1.77. The van der Waals surface area contributed by atoms with Crippen molar-refractivity contribution in [1.29, 1.82) is 0 Å². The molecule has 2 aromatic carbocycles. The first-order valence-corrected chi connectivity index (χ1v) is 7.27. The molecule has 0 fully saturated rings. The summed E-state index contributed by atoms with van der Waals surface area (Å²) in [6.07, 6.45) is 1.68. The van der Waals surface area contributed by atoms with Crippen LogP contribution in [0.4, 0.5) is 4.39 Å². The summed E-state index contributed by atoms with van der Waals surface area (Å²) in [5, 5.41) is 3.89. The first-order valence-electron chi connectivity index (χ1n) is 6.48. The van der Waals surface area contributed by atoms with Gasteiger partial charge in [-0.3, -0.25) is 4.79 Å². The monoisotopic (exact) mass is 364 g/mol. The minimum absolute atomic E-state index is 0.143. The average molecular weight is 365 g/mol. The second-order valence-electron chi connectivity index (χ2n) is 4.49. The summed E-state index contributed by atoms with van der Waals surface area (Å²) >= 11 is 3.37. The van der Waals surface area contributed by atoms with Crippen LogP contribution in [0.3, 0.4) is 0 Å². The number of rotatable bonds is 5. The Kier molecular flexibility index (Phi) is 5.66. The molecule has 4 nitrogen and oxygen atoms in total. The van der Waals surface area contributed by atoms with Crippen LogP contribution in [0.2, 0.25) is 0 Å². The number of carbonyl (C=O) groups is 1. The third-order valence-corrected chi connectivity index (χ3v) is 3.48. The second kappa shape index (κ2) is 7.70. The quantitative estimate of drug-likeness (QED) is 0.653. The van der Waals surface area contributed by atoms with E-state index in [0.717, 1.165) is 21.3 Å². The molecular weight excluding hydrogens is 351 g/mol. The van der Waals surface area contributed by atoms with Gasteiger partial charge in [0.05, 0.1) is 24.2 Å². The normalized spacial score (nSPS) is 10.7. The molecule has 6 heteroatoms. The highest BCUT2D eigenvalue weighted by atomic mass is 79.9. The van der Waals surface area contributed by atoms with Gasteiger partial charge in [0, 0.05) is 0 Å². The fraction of sp³-hybridized carbons (Fsp3) is 0.125. The van der Waals surface area contributed by atoms with Gasteiger partial charge in [-0.25, -0.2) is 9.82 Å². The highest BCUT2D eigenvalue weighted by molar-refractivity contribution is 9.10. The third-order valence-electron chi connectivity index (χ3n) is 2.86. The molecule has 2 rings (SSSR count). The summed E-state index contributed by atoms with van der Waals surface area (Å²) in [6.45, 7) is 0. The molecule has 114 valence electrons. The maximum Gasteiger partial charge on any atom is 0.244 e. The molecule has 2 aromatic rings. The molecule has 1 amide bonds. The molecule has 0 atom stereocenters. The van der Waals surface area contributed by atoms with Gasteiger partial charge in [0.25, 0.3) is 0 Å². The second-order valence-corrected chi connectivity index (χ2v) is 5.34. The number of nitrogens with zero attached hydrogens (tertiary/aromatic N) is 1. The number of hydrogen-bond donors (Lipinski definition) is 1. The third kappa shape index (κ3) is 4.66. The molecule has 0 bridgehead atoms. The Morgan fingerprint density at radius 3 is 2.68 bits per heavy atom. The van der Waals surface area contributed by atoms with Gasteiger partial charge in [0.15, 0.2) is 0 Å². The van der Waals surface area contributed by atoms with E-state index in [1.165, 1.54) is 18.3 Å². The van der Waals surface area contributed by atoms with Crippen molar-refractivity contribution in [2.45, 2.75) is 6.42 Å². The van der Waals surface area contributed by atoms with Gasteiger partial charge in [-0.1, -0.05) is 12.1 Å². The predicted octanol–water partition coefficient (Wildman–Crippen LogP) is 3.29. The Labute approximate surface area is 136 Å². The number of carbonyl (C=O) groups excluding carboxylic acids is 1. The van der Waals surface area contributed by atoms with Crippen molar-refractivity contribution in [3.8, 4) is 5.75 Å². The molecule has 0 aliphatic rings. The largest absolute Gasteiger partial charge is 0.496 e. The molecule has 0 saturated heterocycles. The molecule has 0 radical (unpaired) electrons. The van der Waals surface area contributed by atoms with Gasteiger partial charge in [-0.15, -0.1) is 0 Å². The molecule has 1 N–H and O–H groups in total. The summed E-state index contributed by atoms with van der Waals surface area (Å²) in [5.41, 5.74) is 3.97. The van der Waals surface area contributed by atoms with Crippen molar-refractivity contribution in [1.82, 2.24) is 5.43 Å². The smallest absolute Gasteiger partial charge is 0.244 e. The van der Waals surface area contributed by atoms with E-state index in [1.807, 2.05) is 12.1 Å². The van der Waals surface area contributed by atoms with Crippen LogP contribution in [-0.2, 0) is 11.2 Å². The van der Waals surface area contributed by atoms with Crippen molar-refractivity contribution in [3.63, 3.8) is 0 Å². The van der Waals surface area contributed by atoms with Crippen molar-refractivity contribution in [2.75, 3.05) is 7.11 Å². The molecular formula is C16H14BrFN2O2. The lowest BCUT2D eigenvalue weighted by Crippen LogP contribution is -2.19. The number of nitrogens with one attached hydrogen (secondary N) is 1. The number of halogens is 2. The van der Waals surface area contributed by atoms with Gasteiger partial charge in [-0.05, 0) is 57.4 Å². The zero-order valence-corrected chi connectivity index (χ0v) is 13.4. The van der Waals surface area contributed by atoms with Crippen LogP contribution in [0.5, 0.6) is 5.75 Å². The van der Waals surface area contributed by atoms with E-state index in [2.05, 4.69) is 26.5 Å². The van der Waals surface area contributed by atoms with E-state index < -0.39 is 0 Å². The van der Waals surface area contributed by atoms with Crippen molar-refractivity contribution in [3.05, 3.63) is 63.9 Å². The van der Waals surface area contributed by atoms with Gasteiger partial charge in [0.1, 0.15) is 11.6 Å². The van der Waals surface area contributed by atoms with Crippen molar-refractivity contribution >= 4 is 28.1 Å². The Bertz CT molecular complexity index is 687. The summed E-state index contributed by atoms with van der Waals surface area (Å²) in [6, 6.07) is 11.2. The highest BCUT2D eigenvalue weighted by Gasteiger charge is 2.03. The van der Waals surface area contributed by atoms with E-state index in [1.54, 1.807) is 25.3 Å². The first kappa shape index (κ1) is 16.2. The van der Waals surface area contributed by atoms with Crippen LogP contribution < -0.4 is 10.2 Å². The lowest BCUT2D eigenvalue weighted by Gasteiger charge is -2.03. The molecule has 0 aliphatic carbocycles. The SMILES string of the molecule is COc1ccc(/C=N/NC(=O)Cc2ccc(F)cc2)cc1Br. The number of methoxy groups -OCH3 is 1. The molecule has 0 saturated carbocycles. The van der Waals surface area contributed by atoms with E-state index in [0.29, 0.717) is 0 Å². The summed E-state index contributed by atoms with van der Waals surface area (Å²) < 4.78 is 18.7. The Hall–Kier alpha value is -2.21. The number of hydrazone groups is 1. The Morgan fingerprint density at radius 1 is 1.32 bits per heavy atom. The number of hydrogen-bond acceptors (Lipinski definition) is 3. The van der Waals surface area contributed by atoms with E-state index in [9.17, 15) is 9.18 Å². The molecule has 0 aromatic heterocycles. The number of ether oxygens (including phenoxy) is 1. The van der Waals surface area contributed by atoms with E-state index in [-0.39, 0.29) is 18.1 Å². The lowest BCUT2D eigenvalue weighted by atomic mass is 10.1. The lowest BCUT2D eigenvalue weighted by molar-refractivity contribution is -0.120. The van der Waals surface area contributed by atoms with Crippen molar-refractivity contribution in [2.24, 2.45) is 5.10 Å². The maximum atomic E-state index is 12.8. The summed E-state index contributed by atoms with van der Waals surface area (Å²) in [7, 11) is 1.59. The predicted molar refractivity (Wildman–Crippen MR) is 86.5 cm³/mol. The molecule has 0 aliphatic heterocycles. The van der Waals surface area contributed by atoms with Crippen LogP contribution in [0.15, 0.2) is 52.0 Å². The van der Waals surface area contributed by atoms with E-state index >= 15 is 0 Å². The van der Waals surface area contributed by atoms with Gasteiger partial charge >= 0.3 is 0 Å². The topological polar surface area (TPSA) is 50.7 Å². The van der Waals surface area contributed by atoms with Crippen LogP contribution in [0.1, 0.15) is 11.1 Å². The maximum absolute atomic E-state index is 12.8. The number of benzene rings is 2. The standard InChI is InChI=1S/C16H14BrFN2O2/c1-22-15-7-4-12(8-14(15)17)10-19-20-16(21)9-11-2-5-13(18)6-3-11/h2-8,10H,9H2,1H3,(H,20,21)/b19-10+. The van der Waals surface area contributed by atoms with Crippen LogP contribution >= 0.6 is 15.9 Å². The van der Waals surface area contributed by atoms with Gasteiger partial charge < -0.3 is 4.74 Å². The summed E-state index contributed by atoms with van der Waals surface area (Å²) in [5.74, 6) is 0.125. The molecule has 0 unspecified atom stereocenters. The van der Waals surface area contributed by atoms with Gasteiger partial charge in [0.2, 0.25) is 5.91 Å². The minimum Gasteiger partial charge on any atom is -0.496 e.